The Balaban J connectivity index is 1.50. The first kappa shape index (κ1) is 19.2. The molecule has 1 heterocycles. The summed E-state index contributed by atoms with van der Waals surface area (Å²) in [5.74, 6) is 0.00967. The van der Waals surface area contributed by atoms with E-state index in [2.05, 4.69) is 10.6 Å². The van der Waals surface area contributed by atoms with Crippen LogP contribution in [0.15, 0.2) is 42.5 Å². The largest absolute Gasteiger partial charge is 0.454 e. The average molecular weight is 384 g/mol. The van der Waals surface area contributed by atoms with Gasteiger partial charge in [0, 0.05) is 24.4 Å². The molecule has 0 bridgehead atoms. The van der Waals surface area contributed by atoms with Gasteiger partial charge in [0.25, 0.3) is 5.91 Å². The number of carbonyl (C=O) groups is 3. The van der Waals surface area contributed by atoms with Gasteiger partial charge in [-0.05, 0) is 36.8 Å². The highest BCUT2D eigenvalue weighted by Gasteiger charge is 2.20. The number of rotatable bonds is 6. The van der Waals surface area contributed by atoms with Gasteiger partial charge in [-0.25, -0.2) is 0 Å². The molecule has 2 aromatic rings. The summed E-state index contributed by atoms with van der Waals surface area (Å²) in [6, 6.07) is 11.8. The van der Waals surface area contributed by atoms with E-state index in [1.807, 2.05) is 0 Å². The highest BCUT2D eigenvalue weighted by Crippen LogP contribution is 2.34. The maximum atomic E-state index is 12.2. The Labute approximate surface area is 161 Å². The van der Waals surface area contributed by atoms with Crippen LogP contribution in [-0.4, -0.2) is 30.7 Å². The number of hydrogen-bond donors (Lipinski definition) is 2. The molecule has 0 saturated heterocycles. The molecule has 2 amide bonds. The second kappa shape index (κ2) is 8.43. The highest BCUT2D eigenvalue weighted by atomic mass is 16.7. The van der Waals surface area contributed by atoms with E-state index in [0.29, 0.717) is 28.4 Å². The van der Waals surface area contributed by atoms with Crippen molar-refractivity contribution < 1.29 is 28.6 Å². The number of ether oxygens (including phenoxy) is 3. The number of nitrogens with one attached hydrogen (secondary N) is 2. The molecule has 8 nitrogen and oxygen atoms in total. The van der Waals surface area contributed by atoms with E-state index in [9.17, 15) is 14.4 Å². The van der Waals surface area contributed by atoms with Crippen molar-refractivity contribution in [3.63, 3.8) is 0 Å². The first-order valence-corrected chi connectivity index (χ1v) is 8.67. The Hall–Kier alpha value is -3.55. The van der Waals surface area contributed by atoms with Crippen LogP contribution in [0.3, 0.4) is 0 Å². The number of anilines is 2. The molecule has 28 heavy (non-hydrogen) atoms. The average Bonchev–Trinajstić information content (AvgIpc) is 3.10. The molecular weight excluding hydrogens is 364 g/mol. The third-order valence-electron chi connectivity index (χ3n) is 3.94. The first-order chi connectivity index (χ1) is 13.4. The van der Waals surface area contributed by atoms with Crippen molar-refractivity contribution in [2.75, 3.05) is 17.4 Å². The minimum absolute atomic E-state index is 0.0159. The minimum Gasteiger partial charge on any atom is -0.454 e. The summed E-state index contributed by atoms with van der Waals surface area (Å²) in [5.41, 5.74) is 1.87. The lowest BCUT2D eigenvalue weighted by atomic mass is 10.1. The van der Waals surface area contributed by atoms with Crippen molar-refractivity contribution in [2.45, 2.75) is 26.4 Å². The van der Waals surface area contributed by atoms with Gasteiger partial charge in [-0.1, -0.05) is 12.1 Å². The predicted octanol–water partition coefficient (Wildman–Crippen LogP) is 2.49. The zero-order chi connectivity index (χ0) is 20.1. The number of amides is 2. The van der Waals surface area contributed by atoms with E-state index in [1.54, 1.807) is 42.5 Å². The van der Waals surface area contributed by atoms with Crippen molar-refractivity contribution in [2.24, 2.45) is 0 Å². The topological polar surface area (TPSA) is 103 Å². The van der Waals surface area contributed by atoms with Gasteiger partial charge in [-0.2, -0.15) is 0 Å². The number of benzene rings is 2. The van der Waals surface area contributed by atoms with E-state index >= 15 is 0 Å². The quantitative estimate of drug-likeness (QED) is 0.742. The fourth-order valence-electron chi connectivity index (χ4n) is 2.59. The van der Waals surface area contributed by atoms with Crippen LogP contribution in [0.4, 0.5) is 11.4 Å². The standard InChI is InChI=1S/C20H20N2O6/c1-12(20(25)22-16-7-8-17-18(10-16)27-11-26-17)28-19(24)9-14-3-5-15(6-4-14)21-13(2)23/h3-8,10,12H,9,11H2,1-2H3,(H,21,23)(H,22,25)/t12-/m0/s1. The van der Waals surface area contributed by atoms with E-state index in [4.69, 9.17) is 14.2 Å². The lowest BCUT2D eigenvalue weighted by Gasteiger charge is -2.14. The predicted molar refractivity (Wildman–Crippen MR) is 101 cm³/mol. The fourth-order valence-corrected chi connectivity index (χ4v) is 2.59. The van der Waals surface area contributed by atoms with Crippen LogP contribution in [0.25, 0.3) is 0 Å². The number of esters is 1. The Morgan fingerprint density at radius 1 is 1.00 bits per heavy atom. The van der Waals surface area contributed by atoms with Crippen molar-refractivity contribution in [3.8, 4) is 11.5 Å². The normalized spacial score (nSPS) is 12.8. The number of carbonyl (C=O) groups excluding carboxylic acids is 3. The van der Waals surface area contributed by atoms with Crippen molar-refractivity contribution in [3.05, 3.63) is 48.0 Å². The highest BCUT2D eigenvalue weighted by molar-refractivity contribution is 5.95. The monoisotopic (exact) mass is 384 g/mol. The van der Waals surface area contributed by atoms with E-state index in [0.717, 1.165) is 0 Å². The van der Waals surface area contributed by atoms with Crippen molar-refractivity contribution in [1.29, 1.82) is 0 Å². The molecule has 1 atom stereocenters. The van der Waals surface area contributed by atoms with Gasteiger partial charge in [0.1, 0.15) is 0 Å². The number of fused-ring (bicyclic) bond motifs is 1. The minimum atomic E-state index is -0.962. The van der Waals surface area contributed by atoms with Gasteiger partial charge in [0.2, 0.25) is 12.7 Å². The van der Waals surface area contributed by atoms with Gasteiger partial charge < -0.3 is 24.8 Å². The first-order valence-electron chi connectivity index (χ1n) is 8.67. The lowest BCUT2D eigenvalue weighted by molar-refractivity contribution is -0.152. The SMILES string of the molecule is CC(=O)Nc1ccc(CC(=O)O[C@@H](C)C(=O)Nc2ccc3c(c2)OCO3)cc1. The Morgan fingerprint density at radius 2 is 1.68 bits per heavy atom. The molecule has 2 aromatic carbocycles. The van der Waals surface area contributed by atoms with E-state index in [1.165, 1.54) is 13.8 Å². The van der Waals surface area contributed by atoms with Crippen LogP contribution in [0.2, 0.25) is 0 Å². The molecule has 8 heteroatoms. The third-order valence-corrected chi connectivity index (χ3v) is 3.94. The number of hydrogen-bond acceptors (Lipinski definition) is 6. The molecule has 0 fully saturated rings. The molecule has 0 spiro atoms. The third kappa shape index (κ3) is 5.00. The molecule has 3 rings (SSSR count). The molecule has 1 aliphatic heterocycles. The van der Waals surface area contributed by atoms with Gasteiger partial charge in [0.15, 0.2) is 17.6 Å². The molecule has 0 aromatic heterocycles. The molecule has 0 radical (unpaired) electrons. The maximum Gasteiger partial charge on any atom is 0.311 e. The van der Waals surface area contributed by atoms with E-state index in [-0.39, 0.29) is 19.1 Å². The van der Waals surface area contributed by atoms with Crippen LogP contribution in [0.1, 0.15) is 19.4 Å². The Bertz CT molecular complexity index is 894. The van der Waals surface area contributed by atoms with E-state index < -0.39 is 18.0 Å². The van der Waals surface area contributed by atoms with Crippen molar-refractivity contribution in [1.82, 2.24) is 0 Å². The summed E-state index contributed by atoms with van der Waals surface area (Å²) >= 11 is 0. The van der Waals surface area contributed by atoms with Crippen LogP contribution in [0, 0.1) is 0 Å². The molecule has 0 saturated carbocycles. The van der Waals surface area contributed by atoms with Crippen LogP contribution in [0.5, 0.6) is 11.5 Å². The second-order valence-electron chi connectivity index (χ2n) is 6.24. The fraction of sp³-hybridized carbons (Fsp3) is 0.250. The Morgan fingerprint density at radius 3 is 2.39 bits per heavy atom. The zero-order valence-electron chi connectivity index (χ0n) is 15.5. The molecule has 0 aliphatic carbocycles. The zero-order valence-corrected chi connectivity index (χ0v) is 15.5. The smallest absolute Gasteiger partial charge is 0.311 e. The summed E-state index contributed by atoms with van der Waals surface area (Å²) in [4.78, 5) is 35.3. The summed E-state index contributed by atoms with van der Waals surface area (Å²) in [6.45, 7) is 3.06. The van der Waals surface area contributed by atoms with Gasteiger partial charge in [-0.3, -0.25) is 14.4 Å². The molecule has 2 N–H and O–H groups in total. The molecular formula is C20H20N2O6. The van der Waals surface area contributed by atoms with Crippen LogP contribution < -0.4 is 20.1 Å². The maximum absolute atomic E-state index is 12.2. The van der Waals surface area contributed by atoms with Crippen LogP contribution >= 0.6 is 0 Å². The summed E-state index contributed by atoms with van der Waals surface area (Å²) in [7, 11) is 0. The lowest BCUT2D eigenvalue weighted by Crippen LogP contribution is -2.30. The summed E-state index contributed by atoms with van der Waals surface area (Å²) in [6.07, 6.45) is -0.946. The second-order valence-corrected chi connectivity index (χ2v) is 6.24. The molecule has 146 valence electrons. The molecule has 1 aliphatic rings. The van der Waals surface area contributed by atoms with Crippen molar-refractivity contribution >= 4 is 29.2 Å². The van der Waals surface area contributed by atoms with Gasteiger partial charge >= 0.3 is 5.97 Å². The summed E-state index contributed by atoms with van der Waals surface area (Å²) < 4.78 is 15.7. The Kier molecular flexibility index (Phi) is 5.78. The molecule has 0 unspecified atom stereocenters. The van der Waals surface area contributed by atoms with Gasteiger partial charge in [0.05, 0.1) is 6.42 Å². The van der Waals surface area contributed by atoms with Crippen LogP contribution in [-0.2, 0) is 25.5 Å². The summed E-state index contributed by atoms with van der Waals surface area (Å²) in [5, 5.41) is 5.32. The van der Waals surface area contributed by atoms with Gasteiger partial charge in [-0.15, -0.1) is 0 Å².